The molecule has 1 aliphatic heterocycles. The number of carbonyl (C=O) groups is 1. The summed E-state index contributed by atoms with van der Waals surface area (Å²) < 4.78 is 11.9. The highest BCUT2D eigenvalue weighted by atomic mass is 16.5. The molecule has 2 aromatic heterocycles. The third-order valence-electron chi connectivity index (χ3n) is 5.18. The van der Waals surface area contributed by atoms with Crippen LogP contribution in [0.25, 0.3) is 10.9 Å². The van der Waals surface area contributed by atoms with Gasteiger partial charge in [0.15, 0.2) is 5.78 Å². The molecule has 5 nitrogen and oxygen atoms in total. The molecular formula is C25H20N2O3. The SMILES string of the molecule is O=C1CCOc2c(Cc3cccnc3)cc(OCc3ccc4ccccc4n3)cc21. The Morgan fingerprint density at radius 2 is 1.97 bits per heavy atom. The van der Waals surface area contributed by atoms with Crippen LogP contribution in [0.2, 0.25) is 0 Å². The van der Waals surface area contributed by atoms with Crippen LogP contribution in [-0.2, 0) is 13.0 Å². The fourth-order valence-electron chi connectivity index (χ4n) is 3.70. The van der Waals surface area contributed by atoms with Gasteiger partial charge in [0.25, 0.3) is 0 Å². The lowest BCUT2D eigenvalue weighted by Crippen LogP contribution is -2.17. The lowest BCUT2D eigenvalue weighted by molar-refractivity contribution is 0.0932. The monoisotopic (exact) mass is 396 g/mol. The van der Waals surface area contributed by atoms with Gasteiger partial charge in [-0.05, 0) is 35.9 Å². The first kappa shape index (κ1) is 18.3. The van der Waals surface area contributed by atoms with Crippen LogP contribution in [0.4, 0.5) is 0 Å². The number of hydrogen-bond donors (Lipinski definition) is 0. The van der Waals surface area contributed by atoms with E-state index in [1.807, 2.05) is 60.8 Å². The molecule has 0 bridgehead atoms. The van der Waals surface area contributed by atoms with E-state index in [1.165, 1.54) is 0 Å². The van der Waals surface area contributed by atoms with E-state index in [9.17, 15) is 4.79 Å². The molecule has 0 saturated carbocycles. The minimum Gasteiger partial charge on any atom is -0.492 e. The zero-order chi connectivity index (χ0) is 20.3. The standard InChI is InChI=1S/C25H20N2O3/c28-24-9-11-29-25-19(12-17-4-3-10-26-15-17)13-21(14-22(24)25)30-16-20-8-7-18-5-1-2-6-23(18)27-20/h1-8,10,13-15H,9,11-12,16H2. The highest BCUT2D eigenvalue weighted by Crippen LogP contribution is 2.35. The zero-order valence-electron chi connectivity index (χ0n) is 16.4. The fraction of sp³-hybridized carbons (Fsp3) is 0.160. The second-order valence-corrected chi connectivity index (χ2v) is 7.30. The van der Waals surface area contributed by atoms with Gasteiger partial charge >= 0.3 is 0 Å². The van der Waals surface area contributed by atoms with E-state index in [1.54, 1.807) is 12.3 Å². The van der Waals surface area contributed by atoms with Gasteiger partial charge in [0.1, 0.15) is 18.1 Å². The number of benzene rings is 2. The number of fused-ring (bicyclic) bond motifs is 2. The van der Waals surface area contributed by atoms with Crippen LogP contribution in [0.5, 0.6) is 11.5 Å². The summed E-state index contributed by atoms with van der Waals surface area (Å²) in [5.74, 6) is 1.38. The highest BCUT2D eigenvalue weighted by molar-refractivity contribution is 6.00. The first-order chi connectivity index (χ1) is 14.8. The first-order valence-electron chi connectivity index (χ1n) is 9.95. The summed E-state index contributed by atoms with van der Waals surface area (Å²) in [7, 11) is 0. The van der Waals surface area contributed by atoms with Crippen molar-refractivity contribution in [2.75, 3.05) is 6.61 Å². The minimum atomic E-state index is 0.0815. The lowest BCUT2D eigenvalue weighted by Gasteiger charge is -2.21. The summed E-state index contributed by atoms with van der Waals surface area (Å²) in [6.07, 6.45) is 4.57. The quantitative estimate of drug-likeness (QED) is 0.487. The summed E-state index contributed by atoms with van der Waals surface area (Å²) >= 11 is 0. The van der Waals surface area contributed by atoms with Gasteiger partial charge < -0.3 is 9.47 Å². The molecule has 0 unspecified atom stereocenters. The highest BCUT2D eigenvalue weighted by Gasteiger charge is 2.23. The molecule has 0 N–H and O–H groups in total. The van der Waals surface area contributed by atoms with Gasteiger partial charge in [-0.1, -0.05) is 30.3 Å². The summed E-state index contributed by atoms with van der Waals surface area (Å²) in [5.41, 5.74) is 4.33. The van der Waals surface area contributed by atoms with Crippen molar-refractivity contribution in [1.29, 1.82) is 0 Å². The number of carbonyl (C=O) groups excluding carboxylic acids is 1. The Hall–Kier alpha value is -3.73. The number of Topliss-reactive ketones (excluding diaryl/α,β-unsaturated/α-hetero) is 1. The average Bonchev–Trinajstić information content (AvgIpc) is 2.79. The Balaban J connectivity index is 1.44. The van der Waals surface area contributed by atoms with E-state index in [2.05, 4.69) is 9.97 Å². The fourth-order valence-corrected chi connectivity index (χ4v) is 3.70. The lowest BCUT2D eigenvalue weighted by atomic mass is 9.97. The van der Waals surface area contributed by atoms with Crippen LogP contribution in [-0.4, -0.2) is 22.4 Å². The molecule has 148 valence electrons. The number of nitrogens with zero attached hydrogens (tertiary/aromatic N) is 2. The molecule has 3 heterocycles. The molecule has 4 aromatic rings. The predicted molar refractivity (Wildman–Crippen MR) is 114 cm³/mol. The second kappa shape index (κ2) is 7.95. The third-order valence-corrected chi connectivity index (χ3v) is 5.18. The maximum atomic E-state index is 12.5. The minimum absolute atomic E-state index is 0.0815. The van der Waals surface area contributed by atoms with E-state index in [0.29, 0.717) is 43.1 Å². The van der Waals surface area contributed by atoms with Gasteiger partial charge in [-0.3, -0.25) is 9.78 Å². The number of rotatable bonds is 5. The van der Waals surface area contributed by atoms with Gasteiger partial charge in [-0.2, -0.15) is 0 Å². The Morgan fingerprint density at radius 3 is 2.87 bits per heavy atom. The van der Waals surface area contributed by atoms with Crippen molar-refractivity contribution in [3.63, 3.8) is 0 Å². The van der Waals surface area contributed by atoms with Crippen molar-refractivity contribution in [3.05, 3.63) is 95.4 Å². The van der Waals surface area contributed by atoms with Crippen molar-refractivity contribution in [2.24, 2.45) is 0 Å². The second-order valence-electron chi connectivity index (χ2n) is 7.30. The molecule has 0 fully saturated rings. The van der Waals surface area contributed by atoms with Crippen LogP contribution in [0.1, 0.15) is 33.6 Å². The van der Waals surface area contributed by atoms with Crippen molar-refractivity contribution in [3.8, 4) is 11.5 Å². The van der Waals surface area contributed by atoms with Gasteiger partial charge in [0, 0.05) is 36.2 Å². The normalized spacial score (nSPS) is 13.0. The summed E-state index contributed by atoms with van der Waals surface area (Å²) in [6.45, 7) is 0.734. The van der Waals surface area contributed by atoms with Crippen molar-refractivity contribution in [2.45, 2.75) is 19.4 Å². The largest absolute Gasteiger partial charge is 0.492 e. The molecule has 30 heavy (non-hydrogen) atoms. The molecule has 0 saturated heterocycles. The average molecular weight is 396 g/mol. The molecule has 5 heteroatoms. The van der Waals surface area contributed by atoms with E-state index in [-0.39, 0.29) is 5.78 Å². The van der Waals surface area contributed by atoms with Crippen molar-refractivity contribution in [1.82, 2.24) is 9.97 Å². The van der Waals surface area contributed by atoms with Crippen molar-refractivity contribution < 1.29 is 14.3 Å². The van der Waals surface area contributed by atoms with E-state index in [4.69, 9.17) is 9.47 Å². The number of hydrogen-bond acceptors (Lipinski definition) is 5. The third kappa shape index (κ3) is 3.74. The molecule has 2 aromatic carbocycles. The number of ketones is 1. The zero-order valence-corrected chi connectivity index (χ0v) is 16.4. The van der Waals surface area contributed by atoms with Crippen LogP contribution < -0.4 is 9.47 Å². The Labute approximate surface area is 174 Å². The summed E-state index contributed by atoms with van der Waals surface area (Å²) in [5, 5.41) is 1.09. The topological polar surface area (TPSA) is 61.3 Å². The van der Waals surface area contributed by atoms with E-state index >= 15 is 0 Å². The van der Waals surface area contributed by atoms with Gasteiger partial charge in [-0.25, -0.2) is 4.98 Å². The predicted octanol–water partition coefficient (Wildman–Crippen LogP) is 4.76. The van der Waals surface area contributed by atoms with E-state index < -0.39 is 0 Å². The number of aromatic nitrogens is 2. The first-order valence-corrected chi connectivity index (χ1v) is 9.95. The molecule has 0 amide bonds. The van der Waals surface area contributed by atoms with Gasteiger partial charge in [-0.15, -0.1) is 0 Å². The van der Waals surface area contributed by atoms with Crippen LogP contribution in [0, 0.1) is 0 Å². The molecule has 0 aliphatic carbocycles. The van der Waals surface area contributed by atoms with Gasteiger partial charge in [0.2, 0.25) is 0 Å². The molecule has 1 aliphatic rings. The van der Waals surface area contributed by atoms with Crippen LogP contribution >= 0.6 is 0 Å². The summed E-state index contributed by atoms with van der Waals surface area (Å²) in [6, 6.07) is 19.6. The van der Waals surface area contributed by atoms with E-state index in [0.717, 1.165) is 27.7 Å². The van der Waals surface area contributed by atoms with Crippen molar-refractivity contribution >= 4 is 16.7 Å². The molecule has 0 atom stereocenters. The molecule has 0 spiro atoms. The van der Waals surface area contributed by atoms with Crippen LogP contribution in [0.3, 0.4) is 0 Å². The Bertz CT molecular complexity index is 1220. The maximum Gasteiger partial charge on any atom is 0.170 e. The Morgan fingerprint density at radius 1 is 1.03 bits per heavy atom. The number of pyridine rings is 2. The molecule has 0 radical (unpaired) electrons. The number of ether oxygens (including phenoxy) is 2. The summed E-state index contributed by atoms with van der Waals surface area (Å²) in [4.78, 5) is 21.3. The smallest absolute Gasteiger partial charge is 0.170 e. The Kier molecular flexibility index (Phi) is 4.85. The van der Waals surface area contributed by atoms with Gasteiger partial charge in [0.05, 0.1) is 23.4 Å². The molecular weight excluding hydrogens is 376 g/mol. The maximum absolute atomic E-state index is 12.5. The molecule has 5 rings (SSSR count). The van der Waals surface area contributed by atoms with Crippen LogP contribution in [0.15, 0.2) is 73.1 Å². The number of para-hydroxylation sites is 1.